The molecule has 4 nitrogen and oxygen atoms in total. The summed E-state index contributed by atoms with van der Waals surface area (Å²) in [4.78, 5) is 2.49. The molecule has 0 spiro atoms. The molecular weight excluding hydrogens is 264 g/mol. The number of piperidine rings is 1. The fourth-order valence-corrected chi connectivity index (χ4v) is 3.04. The second kappa shape index (κ2) is 7.97. The van der Waals surface area contributed by atoms with E-state index in [0.717, 1.165) is 37.8 Å². The van der Waals surface area contributed by atoms with Crippen molar-refractivity contribution < 1.29 is 9.15 Å². The molecule has 0 saturated carbocycles. The Kier molecular flexibility index (Phi) is 6.27. The van der Waals surface area contributed by atoms with Crippen LogP contribution in [0.25, 0.3) is 0 Å². The Morgan fingerprint density at radius 1 is 1.48 bits per heavy atom. The highest BCUT2D eigenvalue weighted by molar-refractivity contribution is 5.20. The largest absolute Gasteiger partial charge is 0.465 e. The van der Waals surface area contributed by atoms with Crippen molar-refractivity contribution in [2.24, 2.45) is 5.92 Å². The Balaban J connectivity index is 1.89. The zero-order chi connectivity index (χ0) is 15.2. The average molecular weight is 294 g/mol. The first kappa shape index (κ1) is 16.5. The summed E-state index contributed by atoms with van der Waals surface area (Å²) in [5.41, 5.74) is 1.28. The fourth-order valence-electron chi connectivity index (χ4n) is 3.04. The SMILES string of the molecule is COCC1CCCN(Cc2cc(CNC(C)C)c(C)o2)C1. The van der Waals surface area contributed by atoms with Gasteiger partial charge in [0.1, 0.15) is 11.5 Å². The monoisotopic (exact) mass is 294 g/mol. The standard InChI is InChI=1S/C17H30N2O2/c1-13(2)18-9-16-8-17(21-14(16)3)11-19-7-5-6-15(10-19)12-20-4/h8,13,15,18H,5-7,9-12H2,1-4H3. The molecule has 1 unspecified atom stereocenters. The lowest BCUT2D eigenvalue weighted by Crippen LogP contribution is -2.36. The van der Waals surface area contributed by atoms with E-state index in [9.17, 15) is 0 Å². The molecule has 0 amide bonds. The molecular formula is C17H30N2O2. The normalized spacial score (nSPS) is 20.3. The molecule has 1 fully saturated rings. The van der Waals surface area contributed by atoms with Crippen LogP contribution in [0.2, 0.25) is 0 Å². The summed E-state index contributed by atoms with van der Waals surface area (Å²) < 4.78 is 11.2. The lowest BCUT2D eigenvalue weighted by molar-refractivity contribution is 0.0839. The number of aryl methyl sites for hydroxylation is 1. The van der Waals surface area contributed by atoms with E-state index >= 15 is 0 Å². The van der Waals surface area contributed by atoms with Gasteiger partial charge in [0, 0.05) is 31.8 Å². The van der Waals surface area contributed by atoms with E-state index in [0.29, 0.717) is 12.0 Å². The van der Waals surface area contributed by atoms with Crippen LogP contribution in [0.5, 0.6) is 0 Å². The molecule has 1 aromatic heterocycles. The first-order valence-corrected chi connectivity index (χ1v) is 8.11. The van der Waals surface area contributed by atoms with Gasteiger partial charge in [0.15, 0.2) is 0 Å². The third kappa shape index (κ3) is 5.13. The van der Waals surface area contributed by atoms with Crippen molar-refractivity contribution in [3.05, 3.63) is 23.2 Å². The van der Waals surface area contributed by atoms with Crippen LogP contribution in [-0.2, 0) is 17.8 Å². The maximum atomic E-state index is 5.93. The third-order valence-corrected chi connectivity index (χ3v) is 4.16. The molecule has 21 heavy (non-hydrogen) atoms. The van der Waals surface area contributed by atoms with E-state index in [1.807, 2.05) is 0 Å². The predicted molar refractivity (Wildman–Crippen MR) is 85.3 cm³/mol. The van der Waals surface area contributed by atoms with Gasteiger partial charge in [-0.2, -0.15) is 0 Å². The molecule has 2 rings (SSSR count). The molecule has 1 N–H and O–H groups in total. The number of nitrogens with zero attached hydrogens (tertiary/aromatic N) is 1. The highest BCUT2D eigenvalue weighted by atomic mass is 16.5. The molecule has 1 saturated heterocycles. The minimum atomic E-state index is 0.500. The average Bonchev–Trinajstić information content (AvgIpc) is 2.77. The van der Waals surface area contributed by atoms with Gasteiger partial charge in [-0.1, -0.05) is 13.8 Å². The number of methoxy groups -OCH3 is 1. The topological polar surface area (TPSA) is 37.6 Å². The van der Waals surface area contributed by atoms with E-state index in [2.05, 4.69) is 37.1 Å². The van der Waals surface area contributed by atoms with Crippen molar-refractivity contribution in [2.75, 3.05) is 26.8 Å². The second-order valence-electron chi connectivity index (χ2n) is 6.53. The van der Waals surface area contributed by atoms with Crippen molar-refractivity contribution in [1.29, 1.82) is 0 Å². The van der Waals surface area contributed by atoms with Gasteiger partial charge >= 0.3 is 0 Å². The Bertz CT molecular complexity index is 426. The molecule has 2 heterocycles. The van der Waals surface area contributed by atoms with Crippen LogP contribution >= 0.6 is 0 Å². The number of hydrogen-bond donors (Lipinski definition) is 1. The van der Waals surface area contributed by atoms with Crippen molar-refractivity contribution in [3.63, 3.8) is 0 Å². The van der Waals surface area contributed by atoms with Gasteiger partial charge in [0.2, 0.25) is 0 Å². The van der Waals surface area contributed by atoms with Crippen LogP contribution in [0.4, 0.5) is 0 Å². The molecule has 0 aliphatic carbocycles. The molecule has 1 aliphatic rings. The number of furan rings is 1. The highest BCUT2D eigenvalue weighted by Gasteiger charge is 2.21. The molecule has 1 atom stereocenters. The van der Waals surface area contributed by atoms with Crippen molar-refractivity contribution in [3.8, 4) is 0 Å². The zero-order valence-electron chi connectivity index (χ0n) is 13.9. The summed E-state index contributed by atoms with van der Waals surface area (Å²) in [5.74, 6) is 2.80. The summed E-state index contributed by atoms with van der Waals surface area (Å²) in [6.07, 6.45) is 2.54. The van der Waals surface area contributed by atoms with Crippen LogP contribution in [-0.4, -0.2) is 37.7 Å². The highest BCUT2D eigenvalue weighted by Crippen LogP contribution is 2.21. The summed E-state index contributed by atoms with van der Waals surface area (Å²) in [5, 5.41) is 3.45. The van der Waals surface area contributed by atoms with Gasteiger partial charge < -0.3 is 14.5 Å². The number of rotatable bonds is 7. The van der Waals surface area contributed by atoms with Crippen LogP contribution in [0.1, 0.15) is 43.8 Å². The predicted octanol–water partition coefficient (Wildman–Crippen LogP) is 2.94. The number of nitrogens with one attached hydrogen (secondary N) is 1. The fraction of sp³-hybridized carbons (Fsp3) is 0.765. The lowest BCUT2D eigenvalue weighted by Gasteiger charge is -2.31. The summed E-state index contributed by atoms with van der Waals surface area (Å²) in [6.45, 7) is 11.4. The van der Waals surface area contributed by atoms with Crippen LogP contribution in [0, 0.1) is 12.8 Å². The molecule has 120 valence electrons. The molecule has 0 bridgehead atoms. The number of hydrogen-bond acceptors (Lipinski definition) is 4. The zero-order valence-corrected chi connectivity index (χ0v) is 13.9. The van der Waals surface area contributed by atoms with Crippen molar-refractivity contribution in [1.82, 2.24) is 10.2 Å². The van der Waals surface area contributed by atoms with Gasteiger partial charge in [-0.25, -0.2) is 0 Å². The molecule has 1 aromatic rings. The third-order valence-electron chi connectivity index (χ3n) is 4.16. The quantitative estimate of drug-likeness (QED) is 0.839. The van der Waals surface area contributed by atoms with Crippen molar-refractivity contribution in [2.45, 2.75) is 52.7 Å². The lowest BCUT2D eigenvalue weighted by atomic mass is 9.99. The smallest absolute Gasteiger partial charge is 0.118 e. The van der Waals surface area contributed by atoms with E-state index in [1.165, 1.54) is 24.9 Å². The maximum absolute atomic E-state index is 5.93. The molecule has 4 heteroatoms. The van der Waals surface area contributed by atoms with Crippen molar-refractivity contribution >= 4 is 0 Å². The molecule has 0 radical (unpaired) electrons. The molecule has 0 aromatic carbocycles. The van der Waals surface area contributed by atoms with E-state index in [-0.39, 0.29) is 0 Å². The Hall–Kier alpha value is -0.840. The number of ether oxygens (including phenoxy) is 1. The maximum Gasteiger partial charge on any atom is 0.118 e. The van der Waals surface area contributed by atoms with Gasteiger partial charge in [-0.15, -0.1) is 0 Å². The van der Waals surface area contributed by atoms with Crippen LogP contribution in [0.15, 0.2) is 10.5 Å². The minimum Gasteiger partial charge on any atom is -0.465 e. The Labute approximate surface area is 128 Å². The van der Waals surface area contributed by atoms with Gasteiger partial charge in [-0.05, 0) is 38.3 Å². The van der Waals surface area contributed by atoms with Crippen LogP contribution < -0.4 is 5.32 Å². The summed E-state index contributed by atoms with van der Waals surface area (Å²) >= 11 is 0. The first-order chi connectivity index (χ1) is 10.1. The first-order valence-electron chi connectivity index (χ1n) is 8.11. The number of likely N-dealkylation sites (tertiary alicyclic amines) is 1. The summed E-state index contributed by atoms with van der Waals surface area (Å²) in [7, 11) is 1.79. The summed E-state index contributed by atoms with van der Waals surface area (Å²) in [6, 6.07) is 2.71. The van der Waals surface area contributed by atoms with Gasteiger partial charge in [-0.3, -0.25) is 4.90 Å². The van der Waals surface area contributed by atoms with E-state index < -0.39 is 0 Å². The molecule has 1 aliphatic heterocycles. The van der Waals surface area contributed by atoms with E-state index in [4.69, 9.17) is 9.15 Å². The minimum absolute atomic E-state index is 0.500. The van der Waals surface area contributed by atoms with Gasteiger partial charge in [0.05, 0.1) is 13.2 Å². The Morgan fingerprint density at radius 3 is 3.00 bits per heavy atom. The second-order valence-corrected chi connectivity index (χ2v) is 6.53. The van der Waals surface area contributed by atoms with E-state index in [1.54, 1.807) is 7.11 Å². The van der Waals surface area contributed by atoms with Crippen LogP contribution in [0.3, 0.4) is 0 Å². The van der Waals surface area contributed by atoms with Gasteiger partial charge in [0.25, 0.3) is 0 Å². The Morgan fingerprint density at radius 2 is 2.29 bits per heavy atom.